The number of anilines is 1. The first-order valence-electron chi connectivity index (χ1n) is 8.73. The average molecular weight is 400 g/mol. The van der Waals surface area contributed by atoms with Crippen molar-refractivity contribution in [3.63, 3.8) is 0 Å². The van der Waals surface area contributed by atoms with Crippen molar-refractivity contribution < 1.29 is 4.79 Å². The SMILES string of the molecule is C[C@@H]1CCN(C(=O)Cn2cnc3ccc(Cl)cc3c2=O)c2ccccc2S1. The van der Waals surface area contributed by atoms with Crippen LogP contribution in [0.1, 0.15) is 13.3 Å². The van der Waals surface area contributed by atoms with Gasteiger partial charge in [-0.2, -0.15) is 0 Å². The van der Waals surface area contributed by atoms with E-state index in [1.54, 1.807) is 34.9 Å². The molecule has 5 nitrogen and oxygen atoms in total. The highest BCUT2D eigenvalue weighted by atomic mass is 35.5. The van der Waals surface area contributed by atoms with Crippen LogP contribution in [-0.2, 0) is 11.3 Å². The zero-order valence-corrected chi connectivity index (χ0v) is 16.3. The first kappa shape index (κ1) is 18.1. The summed E-state index contributed by atoms with van der Waals surface area (Å²) in [5, 5.41) is 1.31. The van der Waals surface area contributed by atoms with Crippen molar-refractivity contribution in [3.05, 3.63) is 64.2 Å². The van der Waals surface area contributed by atoms with Crippen LogP contribution in [0.4, 0.5) is 5.69 Å². The van der Waals surface area contributed by atoms with Crippen molar-refractivity contribution in [1.82, 2.24) is 9.55 Å². The maximum atomic E-state index is 13.0. The number of hydrogen-bond acceptors (Lipinski definition) is 4. The number of amides is 1. The van der Waals surface area contributed by atoms with E-state index < -0.39 is 0 Å². The molecular weight excluding hydrogens is 382 g/mol. The average Bonchev–Trinajstić information content (AvgIpc) is 2.82. The van der Waals surface area contributed by atoms with Gasteiger partial charge < -0.3 is 4.90 Å². The molecule has 7 heteroatoms. The van der Waals surface area contributed by atoms with Crippen molar-refractivity contribution in [2.24, 2.45) is 0 Å². The zero-order chi connectivity index (χ0) is 19.0. The highest BCUT2D eigenvalue weighted by Gasteiger charge is 2.24. The molecule has 0 fully saturated rings. The number of nitrogens with zero attached hydrogens (tertiary/aromatic N) is 3. The number of carbonyl (C=O) groups is 1. The minimum atomic E-state index is -0.262. The predicted octanol–water partition coefficient (Wildman–Crippen LogP) is 3.97. The predicted molar refractivity (Wildman–Crippen MR) is 110 cm³/mol. The number of hydrogen-bond donors (Lipinski definition) is 0. The number of benzene rings is 2. The third-order valence-corrected chi connectivity index (χ3v) is 6.11. The number of carbonyl (C=O) groups excluding carboxylic acids is 1. The summed E-state index contributed by atoms with van der Waals surface area (Å²) in [5.74, 6) is -0.123. The number of aromatic nitrogens is 2. The monoisotopic (exact) mass is 399 g/mol. The van der Waals surface area contributed by atoms with Crippen molar-refractivity contribution in [2.75, 3.05) is 11.4 Å². The van der Waals surface area contributed by atoms with E-state index in [0.29, 0.717) is 27.7 Å². The van der Waals surface area contributed by atoms with E-state index >= 15 is 0 Å². The molecular formula is C20H18ClN3O2S. The normalized spacial score (nSPS) is 16.8. The van der Waals surface area contributed by atoms with Crippen LogP contribution < -0.4 is 10.5 Å². The molecule has 4 rings (SSSR count). The van der Waals surface area contributed by atoms with E-state index in [-0.39, 0.29) is 18.0 Å². The number of fused-ring (bicyclic) bond motifs is 2. The molecule has 0 N–H and O–H groups in total. The number of para-hydroxylation sites is 1. The van der Waals surface area contributed by atoms with Crippen LogP contribution in [0.25, 0.3) is 10.9 Å². The largest absolute Gasteiger partial charge is 0.310 e. The molecule has 0 saturated carbocycles. The Bertz CT molecular complexity index is 1080. The van der Waals surface area contributed by atoms with Gasteiger partial charge in [-0.25, -0.2) is 4.98 Å². The van der Waals surface area contributed by atoms with Crippen LogP contribution in [0.2, 0.25) is 5.02 Å². The summed E-state index contributed by atoms with van der Waals surface area (Å²) in [5.41, 5.74) is 1.21. The molecule has 0 saturated heterocycles. The summed E-state index contributed by atoms with van der Waals surface area (Å²) >= 11 is 7.78. The molecule has 3 aromatic rings. The standard InChI is InChI=1S/C20H18ClN3O2S/c1-13-8-9-24(17-4-2-3-5-18(17)27-13)19(25)11-23-12-22-16-7-6-14(21)10-15(16)20(23)26/h2-7,10,12-13H,8-9,11H2,1H3/t13-/m1/s1. The lowest BCUT2D eigenvalue weighted by Gasteiger charge is -2.23. The van der Waals surface area contributed by atoms with Gasteiger partial charge in [0.2, 0.25) is 5.91 Å². The minimum absolute atomic E-state index is 0.0539. The lowest BCUT2D eigenvalue weighted by atomic mass is 10.2. The molecule has 2 heterocycles. The highest BCUT2D eigenvalue weighted by molar-refractivity contribution is 8.00. The first-order chi connectivity index (χ1) is 13.0. The van der Waals surface area contributed by atoms with Gasteiger partial charge >= 0.3 is 0 Å². The Labute approximate surface area is 166 Å². The molecule has 1 amide bonds. The third kappa shape index (κ3) is 3.59. The Balaban J connectivity index is 1.67. The van der Waals surface area contributed by atoms with E-state index in [9.17, 15) is 9.59 Å². The fourth-order valence-electron chi connectivity index (χ4n) is 3.22. The van der Waals surface area contributed by atoms with Gasteiger partial charge in [-0.05, 0) is 36.8 Å². The Morgan fingerprint density at radius 2 is 2.11 bits per heavy atom. The van der Waals surface area contributed by atoms with Crippen LogP contribution in [-0.4, -0.2) is 27.3 Å². The lowest BCUT2D eigenvalue weighted by Crippen LogP contribution is -2.37. The molecule has 2 aromatic carbocycles. The van der Waals surface area contributed by atoms with Crippen LogP contribution >= 0.6 is 23.4 Å². The zero-order valence-electron chi connectivity index (χ0n) is 14.8. The van der Waals surface area contributed by atoms with Crippen molar-refractivity contribution in [1.29, 1.82) is 0 Å². The molecule has 0 spiro atoms. The van der Waals surface area contributed by atoms with Gasteiger partial charge in [0.05, 0.1) is 22.9 Å². The summed E-state index contributed by atoms with van der Waals surface area (Å²) in [4.78, 5) is 33.0. The summed E-state index contributed by atoms with van der Waals surface area (Å²) < 4.78 is 1.35. The molecule has 27 heavy (non-hydrogen) atoms. The van der Waals surface area contributed by atoms with Crippen LogP contribution in [0, 0.1) is 0 Å². The fourth-order valence-corrected chi connectivity index (χ4v) is 4.51. The topological polar surface area (TPSA) is 55.2 Å². The van der Waals surface area contributed by atoms with Gasteiger partial charge in [0, 0.05) is 21.7 Å². The Hall–Kier alpha value is -2.31. The molecule has 0 unspecified atom stereocenters. The Kier molecular flexibility index (Phi) is 4.93. The van der Waals surface area contributed by atoms with Gasteiger partial charge in [-0.3, -0.25) is 14.2 Å². The molecule has 0 radical (unpaired) electrons. The summed E-state index contributed by atoms with van der Waals surface area (Å²) in [6.45, 7) is 2.74. The van der Waals surface area contributed by atoms with E-state index in [1.807, 2.05) is 24.3 Å². The van der Waals surface area contributed by atoms with Crippen LogP contribution in [0.5, 0.6) is 0 Å². The van der Waals surface area contributed by atoms with Crippen LogP contribution in [0.15, 0.2) is 58.5 Å². The number of halogens is 1. The summed E-state index contributed by atoms with van der Waals surface area (Å²) in [6.07, 6.45) is 2.32. The van der Waals surface area contributed by atoms with Crippen LogP contribution in [0.3, 0.4) is 0 Å². The third-order valence-electron chi connectivity index (χ3n) is 4.64. The molecule has 138 valence electrons. The summed E-state index contributed by atoms with van der Waals surface area (Å²) in [7, 11) is 0. The molecule has 1 aliphatic heterocycles. The van der Waals surface area contributed by atoms with E-state index in [1.165, 1.54) is 10.9 Å². The van der Waals surface area contributed by atoms with E-state index in [2.05, 4.69) is 11.9 Å². The lowest BCUT2D eigenvalue weighted by molar-refractivity contribution is -0.119. The van der Waals surface area contributed by atoms with Gasteiger partial charge in [-0.15, -0.1) is 11.8 Å². The van der Waals surface area contributed by atoms with Gasteiger partial charge in [0.15, 0.2) is 0 Å². The van der Waals surface area contributed by atoms with Gasteiger partial charge in [0.1, 0.15) is 6.54 Å². The summed E-state index contributed by atoms with van der Waals surface area (Å²) in [6, 6.07) is 12.9. The minimum Gasteiger partial charge on any atom is -0.310 e. The Morgan fingerprint density at radius 3 is 2.96 bits per heavy atom. The number of thioether (sulfide) groups is 1. The van der Waals surface area contributed by atoms with E-state index in [0.717, 1.165) is 17.0 Å². The molecule has 0 aliphatic carbocycles. The van der Waals surface area contributed by atoms with Gasteiger partial charge in [0.25, 0.3) is 5.56 Å². The second-order valence-corrected chi connectivity index (χ2v) is 8.49. The maximum Gasteiger partial charge on any atom is 0.261 e. The fraction of sp³-hybridized carbons (Fsp3) is 0.250. The van der Waals surface area contributed by atoms with E-state index in [4.69, 9.17) is 11.6 Å². The van der Waals surface area contributed by atoms with Gasteiger partial charge in [-0.1, -0.05) is 30.7 Å². The van der Waals surface area contributed by atoms with Crippen molar-refractivity contribution in [3.8, 4) is 0 Å². The molecule has 1 atom stereocenters. The second-order valence-electron chi connectivity index (χ2n) is 6.57. The van der Waals surface area contributed by atoms with Crippen molar-refractivity contribution in [2.45, 2.75) is 30.0 Å². The number of rotatable bonds is 2. The Morgan fingerprint density at radius 1 is 1.30 bits per heavy atom. The smallest absolute Gasteiger partial charge is 0.261 e. The quantitative estimate of drug-likeness (QED) is 0.654. The first-order valence-corrected chi connectivity index (χ1v) is 9.99. The molecule has 0 bridgehead atoms. The van der Waals surface area contributed by atoms with Crippen molar-refractivity contribution >= 4 is 45.9 Å². The molecule has 1 aromatic heterocycles. The molecule has 1 aliphatic rings. The second kappa shape index (κ2) is 7.37. The maximum absolute atomic E-state index is 13.0. The highest BCUT2D eigenvalue weighted by Crippen LogP contribution is 2.37.